The SMILES string of the molecule is CC(NC(=O)CCNC(=O)Cc1ccccc1)c1cccc2ccccc12. The average molecular weight is 360 g/mol. The standard InChI is InChI=1S/C23H24N2O2/c1-17(20-13-7-11-19-10-5-6-12-21(19)20)25-22(26)14-15-24-23(27)16-18-8-3-2-4-9-18/h2-13,17H,14-16H2,1H3,(H,24,27)(H,25,26). The van der Waals surface area contributed by atoms with Gasteiger partial charge in [-0.1, -0.05) is 72.8 Å². The first kappa shape index (κ1) is 18.6. The molecule has 0 aliphatic carbocycles. The Morgan fingerprint density at radius 3 is 2.37 bits per heavy atom. The van der Waals surface area contributed by atoms with Crippen molar-refractivity contribution in [2.24, 2.45) is 0 Å². The van der Waals surface area contributed by atoms with E-state index in [1.165, 1.54) is 0 Å². The van der Waals surface area contributed by atoms with E-state index >= 15 is 0 Å². The Hall–Kier alpha value is -3.14. The van der Waals surface area contributed by atoms with Crippen LogP contribution in [-0.2, 0) is 16.0 Å². The fourth-order valence-corrected chi connectivity index (χ4v) is 3.18. The Morgan fingerprint density at radius 1 is 0.852 bits per heavy atom. The van der Waals surface area contributed by atoms with Crippen LogP contribution in [0.4, 0.5) is 0 Å². The predicted octanol–water partition coefficient (Wildman–Crippen LogP) is 3.77. The first-order chi connectivity index (χ1) is 13.1. The first-order valence-electron chi connectivity index (χ1n) is 9.21. The van der Waals surface area contributed by atoms with Gasteiger partial charge in [0.05, 0.1) is 12.5 Å². The number of amides is 2. The van der Waals surface area contributed by atoms with Crippen molar-refractivity contribution >= 4 is 22.6 Å². The van der Waals surface area contributed by atoms with Crippen LogP contribution in [0.2, 0.25) is 0 Å². The van der Waals surface area contributed by atoms with Crippen LogP contribution in [0.5, 0.6) is 0 Å². The van der Waals surface area contributed by atoms with Crippen LogP contribution in [0, 0.1) is 0 Å². The van der Waals surface area contributed by atoms with Crippen LogP contribution < -0.4 is 10.6 Å². The molecule has 2 N–H and O–H groups in total. The van der Waals surface area contributed by atoms with Crippen LogP contribution in [0.15, 0.2) is 72.8 Å². The van der Waals surface area contributed by atoms with Crippen LogP contribution in [-0.4, -0.2) is 18.4 Å². The molecule has 138 valence electrons. The summed E-state index contributed by atoms with van der Waals surface area (Å²) in [7, 11) is 0. The summed E-state index contributed by atoms with van der Waals surface area (Å²) in [4.78, 5) is 24.2. The highest BCUT2D eigenvalue weighted by Crippen LogP contribution is 2.23. The molecule has 0 aliphatic rings. The maximum absolute atomic E-state index is 12.2. The zero-order valence-corrected chi connectivity index (χ0v) is 15.4. The van der Waals surface area contributed by atoms with Gasteiger partial charge >= 0.3 is 0 Å². The summed E-state index contributed by atoms with van der Waals surface area (Å²) < 4.78 is 0. The zero-order chi connectivity index (χ0) is 19.1. The Balaban J connectivity index is 1.48. The third kappa shape index (κ3) is 5.17. The number of carbonyl (C=O) groups excluding carboxylic acids is 2. The number of nitrogens with one attached hydrogen (secondary N) is 2. The Morgan fingerprint density at radius 2 is 1.56 bits per heavy atom. The molecule has 4 heteroatoms. The molecular weight excluding hydrogens is 336 g/mol. The molecule has 4 nitrogen and oxygen atoms in total. The van der Waals surface area contributed by atoms with Crippen molar-refractivity contribution in [2.45, 2.75) is 25.8 Å². The minimum Gasteiger partial charge on any atom is -0.355 e. The van der Waals surface area contributed by atoms with E-state index in [1.807, 2.05) is 61.5 Å². The molecule has 3 rings (SSSR count). The molecule has 3 aromatic carbocycles. The minimum absolute atomic E-state index is 0.0731. The normalized spacial score (nSPS) is 11.7. The topological polar surface area (TPSA) is 58.2 Å². The van der Waals surface area contributed by atoms with Gasteiger partial charge in [-0.3, -0.25) is 9.59 Å². The molecular formula is C23H24N2O2. The predicted molar refractivity (Wildman–Crippen MR) is 108 cm³/mol. The van der Waals surface area contributed by atoms with Gasteiger partial charge in [-0.2, -0.15) is 0 Å². The molecule has 0 aromatic heterocycles. The zero-order valence-electron chi connectivity index (χ0n) is 15.4. The van der Waals surface area contributed by atoms with Gasteiger partial charge in [-0.25, -0.2) is 0 Å². The number of carbonyl (C=O) groups is 2. The number of benzene rings is 3. The maximum Gasteiger partial charge on any atom is 0.224 e. The van der Waals surface area contributed by atoms with E-state index in [1.54, 1.807) is 0 Å². The molecule has 3 aromatic rings. The number of hydrogen-bond acceptors (Lipinski definition) is 2. The molecule has 0 spiro atoms. The summed E-state index contributed by atoms with van der Waals surface area (Å²) in [5.74, 6) is -0.147. The highest BCUT2D eigenvalue weighted by Gasteiger charge is 2.12. The summed E-state index contributed by atoms with van der Waals surface area (Å²) in [6.07, 6.45) is 0.588. The van der Waals surface area contributed by atoms with E-state index in [2.05, 4.69) is 28.8 Å². The van der Waals surface area contributed by atoms with Gasteiger partial charge in [-0.15, -0.1) is 0 Å². The average Bonchev–Trinajstić information content (AvgIpc) is 2.68. The van der Waals surface area contributed by atoms with E-state index in [0.717, 1.165) is 21.9 Å². The molecule has 2 amide bonds. The molecule has 0 saturated heterocycles. The molecule has 0 fully saturated rings. The van der Waals surface area contributed by atoms with Crippen LogP contribution in [0.25, 0.3) is 10.8 Å². The first-order valence-corrected chi connectivity index (χ1v) is 9.21. The molecule has 0 radical (unpaired) electrons. The monoisotopic (exact) mass is 360 g/mol. The van der Waals surface area contributed by atoms with Crippen molar-refractivity contribution in [1.29, 1.82) is 0 Å². The Labute approximate surface area is 159 Å². The smallest absolute Gasteiger partial charge is 0.224 e. The molecule has 0 saturated carbocycles. The van der Waals surface area contributed by atoms with Gasteiger partial charge in [0.15, 0.2) is 0 Å². The molecule has 1 unspecified atom stereocenters. The van der Waals surface area contributed by atoms with E-state index < -0.39 is 0 Å². The van der Waals surface area contributed by atoms with E-state index in [-0.39, 0.29) is 24.3 Å². The fourth-order valence-electron chi connectivity index (χ4n) is 3.18. The van der Waals surface area contributed by atoms with Crippen molar-refractivity contribution in [3.63, 3.8) is 0 Å². The fraction of sp³-hybridized carbons (Fsp3) is 0.217. The molecule has 1 atom stereocenters. The quantitative estimate of drug-likeness (QED) is 0.674. The molecule has 27 heavy (non-hydrogen) atoms. The van der Waals surface area contributed by atoms with Crippen LogP contribution in [0.3, 0.4) is 0 Å². The lowest BCUT2D eigenvalue weighted by molar-refractivity contribution is -0.122. The van der Waals surface area contributed by atoms with Crippen LogP contribution in [0.1, 0.15) is 30.5 Å². The lowest BCUT2D eigenvalue weighted by atomic mass is 9.99. The largest absolute Gasteiger partial charge is 0.355 e. The Kier molecular flexibility index (Phi) is 6.21. The second kappa shape index (κ2) is 8.99. The van der Waals surface area contributed by atoms with E-state index in [4.69, 9.17) is 0 Å². The molecule has 0 heterocycles. The third-order valence-electron chi connectivity index (χ3n) is 4.55. The lowest BCUT2D eigenvalue weighted by Crippen LogP contribution is -2.32. The number of rotatable bonds is 7. The maximum atomic E-state index is 12.2. The number of hydrogen-bond donors (Lipinski definition) is 2. The van der Waals surface area contributed by atoms with Gasteiger partial charge in [0.25, 0.3) is 0 Å². The van der Waals surface area contributed by atoms with Gasteiger partial charge in [0.2, 0.25) is 11.8 Å². The van der Waals surface area contributed by atoms with Crippen LogP contribution >= 0.6 is 0 Å². The highest BCUT2D eigenvalue weighted by molar-refractivity contribution is 5.87. The molecule has 0 aliphatic heterocycles. The summed E-state index contributed by atoms with van der Waals surface area (Å²) in [5, 5.41) is 8.13. The third-order valence-corrected chi connectivity index (χ3v) is 4.55. The van der Waals surface area contributed by atoms with E-state index in [0.29, 0.717) is 13.0 Å². The van der Waals surface area contributed by atoms with Crippen molar-refractivity contribution in [2.75, 3.05) is 6.54 Å². The summed E-state index contributed by atoms with van der Waals surface area (Å²) in [6.45, 7) is 2.31. The number of fused-ring (bicyclic) bond motifs is 1. The van der Waals surface area contributed by atoms with Gasteiger partial charge in [0, 0.05) is 13.0 Å². The van der Waals surface area contributed by atoms with Gasteiger partial charge in [0.1, 0.15) is 0 Å². The van der Waals surface area contributed by atoms with E-state index in [9.17, 15) is 9.59 Å². The van der Waals surface area contributed by atoms with Gasteiger partial charge in [-0.05, 0) is 28.8 Å². The Bertz CT molecular complexity index is 917. The van der Waals surface area contributed by atoms with Crippen molar-refractivity contribution in [1.82, 2.24) is 10.6 Å². The lowest BCUT2D eigenvalue weighted by Gasteiger charge is -2.17. The summed E-state index contributed by atoms with van der Waals surface area (Å²) >= 11 is 0. The van der Waals surface area contributed by atoms with Crippen molar-refractivity contribution < 1.29 is 9.59 Å². The summed E-state index contributed by atoms with van der Waals surface area (Å²) in [5.41, 5.74) is 2.05. The minimum atomic E-state index is -0.0939. The summed E-state index contributed by atoms with van der Waals surface area (Å²) in [6, 6.07) is 23.7. The second-order valence-electron chi connectivity index (χ2n) is 6.62. The van der Waals surface area contributed by atoms with Crippen molar-refractivity contribution in [3.8, 4) is 0 Å². The molecule has 0 bridgehead atoms. The second-order valence-corrected chi connectivity index (χ2v) is 6.62. The highest BCUT2D eigenvalue weighted by atomic mass is 16.2. The van der Waals surface area contributed by atoms with Gasteiger partial charge < -0.3 is 10.6 Å². The van der Waals surface area contributed by atoms with Crippen molar-refractivity contribution in [3.05, 3.63) is 83.9 Å².